The van der Waals surface area contributed by atoms with Crippen LogP contribution in [0.4, 0.5) is 5.82 Å². The summed E-state index contributed by atoms with van der Waals surface area (Å²) < 4.78 is 1.13. The summed E-state index contributed by atoms with van der Waals surface area (Å²) in [7, 11) is 0. The zero-order valence-electron chi connectivity index (χ0n) is 8.53. The molecule has 0 saturated heterocycles. The highest BCUT2D eigenvalue weighted by atomic mass is 32.1. The molecule has 1 N–H and O–H groups in total. The Morgan fingerprint density at radius 2 is 2.07 bits per heavy atom. The molecule has 14 heavy (non-hydrogen) atoms. The predicted octanol–water partition coefficient (Wildman–Crippen LogP) is 2.90. The molecule has 0 spiro atoms. The van der Waals surface area contributed by atoms with Crippen LogP contribution in [-0.4, -0.2) is 15.5 Å². The van der Waals surface area contributed by atoms with E-state index in [9.17, 15) is 0 Å². The van der Waals surface area contributed by atoms with Gasteiger partial charge in [-0.2, -0.15) is 0 Å². The van der Waals surface area contributed by atoms with Gasteiger partial charge in [-0.1, -0.05) is 0 Å². The maximum Gasteiger partial charge on any atom is 0.147 e. The fraction of sp³-hybridized carbons (Fsp3) is 0.400. The van der Waals surface area contributed by atoms with Gasteiger partial charge in [-0.15, -0.1) is 11.3 Å². The first-order valence-electron chi connectivity index (χ1n) is 4.53. The summed E-state index contributed by atoms with van der Waals surface area (Å²) >= 11 is 1.67. The van der Waals surface area contributed by atoms with Crippen molar-refractivity contribution >= 4 is 27.4 Å². The van der Waals surface area contributed by atoms with Crippen molar-refractivity contribution < 1.29 is 0 Å². The van der Waals surface area contributed by atoms with E-state index in [2.05, 4.69) is 36.1 Å². The second-order valence-corrected chi connectivity index (χ2v) is 5.15. The van der Waals surface area contributed by atoms with Gasteiger partial charge in [-0.25, -0.2) is 9.97 Å². The molecule has 2 aromatic heterocycles. The third-order valence-corrected chi connectivity index (χ3v) is 2.65. The maximum atomic E-state index is 4.25. The minimum Gasteiger partial charge on any atom is -0.364 e. The van der Waals surface area contributed by atoms with Gasteiger partial charge in [0.05, 0.1) is 10.2 Å². The molecule has 0 aliphatic heterocycles. The molecule has 0 aromatic carbocycles. The van der Waals surface area contributed by atoms with Crippen molar-refractivity contribution in [3.63, 3.8) is 0 Å². The van der Waals surface area contributed by atoms with Crippen LogP contribution in [0.3, 0.4) is 0 Å². The van der Waals surface area contributed by atoms with E-state index in [0.29, 0.717) is 0 Å². The van der Waals surface area contributed by atoms with E-state index in [-0.39, 0.29) is 5.54 Å². The standard InChI is InChI=1S/C10H13N3S/c1-10(2,3)13-9-8-7(4-5-14-8)11-6-12-9/h4-6H,1-3H3,(H,11,12,13). The molecule has 0 bridgehead atoms. The van der Waals surface area contributed by atoms with Gasteiger partial charge < -0.3 is 5.32 Å². The Morgan fingerprint density at radius 1 is 1.29 bits per heavy atom. The molecule has 2 rings (SSSR count). The first kappa shape index (κ1) is 9.40. The van der Waals surface area contributed by atoms with Crippen LogP contribution in [0.1, 0.15) is 20.8 Å². The molecule has 0 saturated carbocycles. The van der Waals surface area contributed by atoms with Crippen molar-refractivity contribution in [3.05, 3.63) is 17.8 Å². The molecule has 4 heteroatoms. The summed E-state index contributed by atoms with van der Waals surface area (Å²) in [6.45, 7) is 6.36. The van der Waals surface area contributed by atoms with Crippen molar-refractivity contribution in [1.29, 1.82) is 0 Å². The number of fused-ring (bicyclic) bond motifs is 1. The zero-order chi connectivity index (χ0) is 10.2. The third-order valence-electron chi connectivity index (χ3n) is 1.74. The molecular formula is C10H13N3S. The van der Waals surface area contributed by atoms with Crippen molar-refractivity contribution in [2.75, 3.05) is 5.32 Å². The lowest BCUT2D eigenvalue weighted by Crippen LogP contribution is -2.26. The average molecular weight is 207 g/mol. The number of rotatable bonds is 1. The smallest absolute Gasteiger partial charge is 0.147 e. The van der Waals surface area contributed by atoms with Crippen LogP contribution in [0.25, 0.3) is 10.2 Å². The minimum atomic E-state index is 0.0330. The second kappa shape index (κ2) is 3.20. The molecule has 0 aliphatic carbocycles. The topological polar surface area (TPSA) is 37.8 Å². The van der Waals surface area contributed by atoms with E-state index in [1.807, 2.05) is 11.4 Å². The van der Waals surface area contributed by atoms with Gasteiger partial charge in [0.1, 0.15) is 12.1 Å². The first-order valence-corrected chi connectivity index (χ1v) is 5.41. The number of aromatic nitrogens is 2. The van der Waals surface area contributed by atoms with Gasteiger partial charge in [0.25, 0.3) is 0 Å². The van der Waals surface area contributed by atoms with Crippen molar-refractivity contribution in [3.8, 4) is 0 Å². The first-order chi connectivity index (χ1) is 6.56. The van der Waals surface area contributed by atoms with Crippen molar-refractivity contribution in [2.24, 2.45) is 0 Å². The Hall–Kier alpha value is -1.16. The number of thiophene rings is 1. The fourth-order valence-corrected chi connectivity index (χ4v) is 2.02. The summed E-state index contributed by atoms with van der Waals surface area (Å²) in [5.74, 6) is 0.928. The monoisotopic (exact) mass is 207 g/mol. The summed E-state index contributed by atoms with van der Waals surface area (Å²) in [6.07, 6.45) is 1.60. The molecule has 0 unspecified atom stereocenters. The Balaban J connectivity index is 2.46. The van der Waals surface area contributed by atoms with Gasteiger partial charge in [0, 0.05) is 5.54 Å². The maximum absolute atomic E-state index is 4.25. The van der Waals surface area contributed by atoms with Crippen LogP contribution < -0.4 is 5.32 Å². The highest BCUT2D eigenvalue weighted by Crippen LogP contribution is 2.26. The van der Waals surface area contributed by atoms with Crippen molar-refractivity contribution in [2.45, 2.75) is 26.3 Å². The highest BCUT2D eigenvalue weighted by molar-refractivity contribution is 7.17. The number of nitrogens with one attached hydrogen (secondary N) is 1. The molecule has 0 fully saturated rings. The summed E-state index contributed by atoms with van der Waals surface area (Å²) in [6, 6.07) is 2.01. The molecule has 0 amide bonds. The van der Waals surface area contributed by atoms with Gasteiger partial charge in [0.15, 0.2) is 0 Å². The molecule has 74 valence electrons. The van der Waals surface area contributed by atoms with Gasteiger partial charge in [-0.05, 0) is 32.2 Å². The van der Waals surface area contributed by atoms with E-state index >= 15 is 0 Å². The lowest BCUT2D eigenvalue weighted by atomic mass is 10.1. The summed E-state index contributed by atoms with van der Waals surface area (Å²) in [5, 5.41) is 5.40. The normalized spacial score (nSPS) is 11.9. The van der Waals surface area contributed by atoms with Crippen LogP contribution >= 0.6 is 11.3 Å². The lowest BCUT2D eigenvalue weighted by molar-refractivity contribution is 0.631. The summed E-state index contributed by atoms with van der Waals surface area (Å²) in [5.41, 5.74) is 1.04. The molecule has 0 aliphatic rings. The Morgan fingerprint density at radius 3 is 2.79 bits per heavy atom. The number of nitrogens with zero attached hydrogens (tertiary/aromatic N) is 2. The Labute approximate surface area is 87.2 Å². The molecule has 0 radical (unpaired) electrons. The number of hydrogen-bond donors (Lipinski definition) is 1. The summed E-state index contributed by atoms with van der Waals surface area (Å²) in [4.78, 5) is 8.44. The number of hydrogen-bond acceptors (Lipinski definition) is 4. The van der Waals surface area contributed by atoms with Crippen LogP contribution in [0.2, 0.25) is 0 Å². The highest BCUT2D eigenvalue weighted by Gasteiger charge is 2.13. The van der Waals surface area contributed by atoms with E-state index in [1.54, 1.807) is 17.7 Å². The second-order valence-electron chi connectivity index (χ2n) is 4.23. The van der Waals surface area contributed by atoms with Gasteiger partial charge in [0.2, 0.25) is 0 Å². The SMILES string of the molecule is CC(C)(C)Nc1ncnc2ccsc12. The van der Waals surface area contributed by atoms with Crippen molar-refractivity contribution in [1.82, 2.24) is 9.97 Å². The van der Waals surface area contributed by atoms with E-state index < -0.39 is 0 Å². The van der Waals surface area contributed by atoms with Gasteiger partial charge in [-0.3, -0.25) is 0 Å². The zero-order valence-corrected chi connectivity index (χ0v) is 9.35. The molecular weight excluding hydrogens is 194 g/mol. The van der Waals surface area contributed by atoms with E-state index in [4.69, 9.17) is 0 Å². The minimum absolute atomic E-state index is 0.0330. The average Bonchev–Trinajstić information content (AvgIpc) is 2.49. The molecule has 2 heterocycles. The van der Waals surface area contributed by atoms with E-state index in [0.717, 1.165) is 16.0 Å². The van der Waals surface area contributed by atoms with Crippen LogP contribution in [0, 0.1) is 0 Å². The fourth-order valence-electron chi connectivity index (χ4n) is 1.23. The quantitative estimate of drug-likeness (QED) is 0.781. The van der Waals surface area contributed by atoms with Gasteiger partial charge >= 0.3 is 0 Å². The molecule has 2 aromatic rings. The Bertz CT molecular complexity index is 442. The lowest BCUT2D eigenvalue weighted by Gasteiger charge is -2.21. The Kier molecular flexibility index (Phi) is 2.15. The predicted molar refractivity (Wildman–Crippen MR) is 60.8 cm³/mol. The molecule has 3 nitrogen and oxygen atoms in total. The van der Waals surface area contributed by atoms with Crippen LogP contribution in [-0.2, 0) is 0 Å². The van der Waals surface area contributed by atoms with Crippen LogP contribution in [0.5, 0.6) is 0 Å². The van der Waals surface area contributed by atoms with E-state index in [1.165, 1.54) is 0 Å². The molecule has 0 atom stereocenters. The van der Waals surface area contributed by atoms with Crippen LogP contribution in [0.15, 0.2) is 17.8 Å². The third kappa shape index (κ3) is 1.85. The number of anilines is 1. The largest absolute Gasteiger partial charge is 0.364 e.